The highest BCUT2D eigenvalue weighted by atomic mass is 16.4. The molecule has 0 atom stereocenters. The molecule has 0 aliphatic heterocycles. The van der Waals surface area contributed by atoms with Crippen molar-refractivity contribution in [3.05, 3.63) is 17.0 Å². The summed E-state index contributed by atoms with van der Waals surface area (Å²) in [4.78, 5) is 13.3. The SMILES string of the molecule is CCN(CC)CCn1nc(C)c(C(=O)O)c1C. The van der Waals surface area contributed by atoms with Crippen LogP contribution in [0.2, 0.25) is 0 Å². The van der Waals surface area contributed by atoms with Crippen LogP contribution in [0.25, 0.3) is 0 Å². The number of aromatic nitrogens is 2. The fourth-order valence-electron chi connectivity index (χ4n) is 2.00. The van der Waals surface area contributed by atoms with Crippen molar-refractivity contribution in [3.63, 3.8) is 0 Å². The molecule has 5 nitrogen and oxygen atoms in total. The Balaban J connectivity index is 2.79. The van der Waals surface area contributed by atoms with Gasteiger partial charge in [0, 0.05) is 6.54 Å². The van der Waals surface area contributed by atoms with Gasteiger partial charge in [-0.1, -0.05) is 13.8 Å². The summed E-state index contributed by atoms with van der Waals surface area (Å²) in [5.41, 5.74) is 1.67. The molecule has 0 fully saturated rings. The summed E-state index contributed by atoms with van der Waals surface area (Å²) in [6.07, 6.45) is 0. The molecule has 0 amide bonds. The lowest BCUT2D eigenvalue weighted by atomic mass is 10.2. The molecular weight excluding hydrogens is 218 g/mol. The minimum Gasteiger partial charge on any atom is -0.478 e. The minimum atomic E-state index is -0.894. The Bertz CT molecular complexity index is 395. The molecule has 0 unspecified atom stereocenters. The largest absolute Gasteiger partial charge is 0.478 e. The lowest BCUT2D eigenvalue weighted by Gasteiger charge is -2.18. The van der Waals surface area contributed by atoms with Crippen LogP contribution in [0.3, 0.4) is 0 Å². The standard InChI is InChI=1S/C12H21N3O2/c1-5-14(6-2)7-8-15-10(4)11(12(16)17)9(3)13-15/h5-8H2,1-4H3,(H,16,17). The Morgan fingerprint density at radius 2 is 1.94 bits per heavy atom. The lowest BCUT2D eigenvalue weighted by molar-refractivity contribution is 0.0695. The minimum absolute atomic E-state index is 0.338. The zero-order valence-corrected chi connectivity index (χ0v) is 11.0. The number of carboxylic acids is 1. The highest BCUT2D eigenvalue weighted by Gasteiger charge is 2.17. The van der Waals surface area contributed by atoms with E-state index in [9.17, 15) is 4.79 Å². The average molecular weight is 239 g/mol. The van der Waals surface area contributed by atoms with E-state index in [1.807, 2.05) is 6.92 Å². The number of aromatic carboxylic acids is 1. The molecule has 1 aromatic rings. The highest BCUT2D eigenvalue weighted by molar-refractivity contribution is 5.90. The summed E-state index contributed by atoms with van der Waals surface area (Å²) in [5, 5.41) is 13.3. The zero-order valence-electron chi connectivity index (χ0n) is 11.0. The fourth-order valence-corrected chi connectivity index (χ4v) is 2.00. The third kappa shape index (κ3) is 3.06. The van der Waals surface area contributed by atoms with Crippen LogP contribution in [-0.4, -0.2) is 45.4 Å². The van der Waals surface area contributed by atoms with Crippen molar-refractivity contribution in [3.8, 4) is 0 Å². The Morgan fingerprint density at radius 1 is 1.35 bits per heavy atom. The summed E-state index contributed by atoms with van der Waals surface area (Å²) >= 11 is 0. The van der Waals surface area contributed by atoms with Crippen molar-refractivity contribution in [2.45, 2.75) is 34.2 Å². The van der Waals surface area contributed by atoms with E-state index < -0.39 is 5.97 Å². The van der Waals surface area contributed by atoms with Crippen molar-refractivity contribution in [2.75, 3.05) is 19.6 Å². The maximum absolute atomic E-state index is 11.0. The molecule has 0 saturated carbocycles. The first-order valence-electron chi connectivity index (χ1n) is 6.00. The number of likely N-dealkylation sites (N-methyl/N-ethyl adjacent to an activating group) is 1. The van der Waals surface area contributed by atoms with E-state index >= 15 is 0 Å². The van der Waals surface area contributed by atoms with Crippen LogP contribution in [0.1, 0.15) is 35.6 Å². The molecule has 0 aliphatic carbocycles. The van der Waals surface area contributed by atoms with Crippen LogP contribution in [-0.2, 0) is 6.54 Å². The van der Waals surface area contributed by atoms with Crippen LogP contribution >= 0.6 is 0 Å². The third-order valence-electron chi connectivity index (χ3n) is 3.12. The number of aryl methyl sites for hydroxylation is 1. The molecule has 1 heterocycles. The van der Waals surface area contributed by atoms with Crippen LogP contribution in [0.5, 0.6) is 0 Å². The van der Waals surface area contributed by atoms with Crippen molar-refractivity contribution in [2.24, 2.45) is 0 Å². The first-order chi connectivity index (χ1) is 8.01. The second-order valence-corrected chi connectivity index (χ2v) is 4.10. The molecule has 0 aliphatic rings. The van der Waals surface area contributed by atoms with E-state index in [4.69, 9.17) is 5.11 Å². The van der Waals surface area contributed by atoms with Crippen molar-refractivity contribution >= 4 is 5.97 Å². The molecule has 96 valence electrons. The van der Waals surface area contributed by atoms with Gasteiger partial charge in [0.15, 0.2) is 0 Å². The van der Waals surface area contributed by atoms with Gasteiger partial charge < -0.3 is 10.0 Å². The predicted molar refractivity (Wildman–Crippen MR) is 66.4 cm³/mol. The fraction of sp³-hybridized carbons (Fsp3) is 0.667. The van der Waals surface area contributed by atoms with E-state index in [1.54, 1.807) is 11.6 Å². The van der Waals surface area contributed by atoms with E-state index in [1.165, 1.54) is 0 Å². The van der Waals surface area contributed by atoms with Gasteiger partial charge in [-0.15, -0.1) is 0 Å². The monoisotopic (exact) mass is 239 g/mol. The van der Waals surface area contributed by atoms with Crippen molar-refractivity contribution in [1.82, 2.24) is 14.7 Å². The smallest absolute Gasteiger partial charge is 0.339 e. The molecule has 17 heavy (non-hydrogen) atoms. The Morgan fingerprint density at radius 3 is 2.35 bits per heavy atom. The van der Waals surface area contributed by atoms with Gasteiger partial charge >= 0.3 is 5.97 Å². The van der Waals surface area contributed by atoms with Gasteiger partial charge in [-0.25, -0.2) is 4.79 Å². The van der Waals surface area contributed by atoms with Crippen LogP contribution in [0.4, 0.5) is 0 Å². The molecule has 0 spiro atoms. The molecule has 1 N–H and O–H groups in total. The maximum atomic E-state index is 11.0. The quantitative estimate of drug-likeness (QED) is 0.818. The number of rotatable bonds is 6. The van der Waals surface area contributed by atoms with Gasteiger partial charge in [-0.2, -0.15) is 5.10 Å². The molecule has 0 bridgehead atoms. The lowest BCUT2D eigenvalue weighted by Crippen LogP contribution is -2.27. The summed E-state index contributed by atoms with van der Waals surface area (Å²) < 4.78 is 1.79. The van der Waals surface area contributed by atoms with E-state index in [-0.39, 0.29) is 0 Å². The molecule has 5 heteroatoms. The van der Waals surface area contributed by atoms with Crippen LogP contribution in [0, 0.1) is 13.8 Å². The van der Waals surface area contributed by atoms with Gasteiger partial charge in [-0.3, -0.25) is 4.68 Å². The van der Waals surface area contributed by atoms with Gasteiger partial charge in [0.05, 0.1) is 17.9 Å². The number of nitrogens with zero attached hydrogens (tertiary/aromatic N) is 3. The van der Waals surface area contributed by atoms with Gasteiger partial charge in [0.1, 0.15) is 5.56 Å². The summed E-state index contributed by atoms with van der Waals surface area (Å²) in [5.74, 6) is -0.894. The van der Waals surface area contributed by atoms with Gasteiger partial charge in [0.2, 0.25) is 0 Å². The summed E-state index contributed by atoms with van der Waals surface area (Å²) in [7, 11) is 0. The van der Waals surface area contributed by atoms with E-state index in [2.05, 4.69) is 23.8 Å². The van der Waals surface area contributed by atoms with E-state index in [0.717, 1.165) is 31.9 Å². The Hall–Kier alpha value is -1.36. The molecule has 1 aromatic heterocycles. The van der Waals surface area contributed by atoms with Gasteiger partial charge in [0.25, 0.3) is 0 Å². The number of carboxylic acid groups (broad SMARTS) is 1. The molecule has 1 rings (SSSR count). The second kappa shape index (κ2) is 5.82. The van der Waals surface area contributed by atoms with Crippen molar-refractivity contribution in [1.29, 1.82) is 0 Å². The zero-order chi connectivity index (χ0) is 13.0. The van der Waals surface area contributed by atoms with Crippen LogP contribution < -0.4 is 0 Å². The van der Waals surface area contributed by atoms with Crippen molar-refractivity contribution < 1.29 is 9.90 Å². The summed E-state index contributed by atoms with van der Waals surface area (Å²) in [6, 6.07) is 0. The normalized spacial score (nSPS) is 11.1. The second-order valence-electron chi connectivity index (χ2n) is 4.10. The molecule has 0 saturated heterocycles. The predicted octanol–water partition coefficient (Wildman–Crippen LogP) is 1.54. The Kier molecular flexibility index (Phi) is 4.69. The molecular formula is C12H21N3O2. The number of hydrogen-bond donors (Lipinski definition) is 1. The summed E-state index contributed by atoms with van der Waals surface area (Å²) in [6.45, 7) is 11.4. The van der Waals surface area contributed by atoms with Gasteiger partial charge in [-0.05, 0) is 26.9 Å². The van der Waals surface area contributed by atoms with Crippen LogP contribution in [0.15, 0.2) is 0 Å². The first kappa shape index (κ1) is 13.7. The maximum Gasteiger partial charge on any atom is 0.339 e. The number of hydrogen-bond acceptors (Lipinski definition) is 3. The molecule has 0 radical (unpaired) electrons. The third-order valence-corrected chi connectivity index (χ3v) is 3.12. The Labute approximate surface area is 102 Å². The molecule has 0 aromatic carbocycles. The topological polar surface area (TPSA) is 58.4 Å². The average Bonchev–Trinajstić information content (AvgIpc) is 2.55. The first-order valence-corrected chi connectivity index (χ1v) is 6.00. The van der Waals surface area contributed by atoms with E-state index in [0.29, 0.717) is 11.3 Å². The number of carbonyl (C=O) groups is 1. The highest BCUT2D eigenvalue weighted by Crippen LogP contribution is 2.12.